The lowest BCUT2D eigenvalue weighted by atomic mass is 10.1. The molecule has 16 heteroatoms. The van der Waals surface area contributed by atoms with Crippen molar-refractivity contribution in [3.63, 3.8) is 0 Å². The van der Waals surface area contributed by atoms with E-state index in [0.29, 0.717) is 49.5 Å². The smallest absolute Gasteiger partial charge is 0.303 e. The second-order valence-corrected chi connectivity index (χ2v) is 15.0. The van der Waals surface area contributed by atoms with E-state index in [4.69, 9.17) is 9.47 Å². The van der Waals surface area contributed by atoms with Gasteiger partial charge in [-0.05, 0) is 50.8 Å². The number of fused-ring (bicyclic) bond motifs is 1. The predicted molar refractivity (Wildman–Crippen MR) is 174 cm³/mol. The number of carbonyl (C=O) groups excluding carboxylic acids is 3. The molecule has 47 heavy (non-hydrogen) atoms. The molecule has 0 bridgehead atoms. The van der Waals surface area contributed by atoms with E-state index in [1.165, 1.54) is 35.0 Å². The summed E-state index contributed by atoms with van der Waals surface area (Å²) < 4.78 is 54.6. The molecule has 0 saturated carbocycles. The first-order valence-electron chi connectivity index (χ1n) is 15.5. The number of hydrogen-bond acceptors (Lipinski definition) is 10. The van der Waals surface area contributed by atoms with Crippen molar-refractivity contribution in [1.29, 1.82) is 0 Å². The Kier molecular flexibility index (Phi) is 10.7. The molecule has 2 aromatic heterocycles. The molecule has 13 nitrogen and oxygen atoms in total. The number of aromatic nitrogens is 3. The van der Waals surface area contributed by atoms with Gasteiger partial charge in [0.15, 0.2) is 5.69 Å². The summed E-state index contributed by atoms with van der Waals surface area (Å²) >= 11 is 0.646. The monoisotopic (exact) mass is 691 g/mol. The van der Waals surface area contributed by atoms with Gasteiger partial charge in [-0.1, -0.05) is 37.2 Å². The van der Waals surface area contributed by atoms with Gasteiger partial charge in [0.25, 0.3) is 0 Å². The number of carbonyl (C=O) groups is 3. The van der Waals surface area contributed by atoms with Crippen molar-refractivity contribution in [2.75, 3.05) is 36.3 Å². The minimum Gasteiger partial charge on any atom is -0.486 e. The van der Waals surface area contributed by atoms with Gasteiger partial charge in [-0.25, -0.2) is 22.2 Å². The fourth-order valence-electron chi connectivity index (χ4n) is 5.72. The van der Waals surface area contributed by atoms with Gasteiger partial charge >= 0.3 is 5.56 Å². The summed E-state index contributed by atoms with van der Waals surface area (Å²) in [6.07, 6.45) is 3.34. The molecule has 254 valence electrons. The molecule has 0 spiro atoms. The Morgan fingerprint density at radius 1 is 1.19 bits per heavy atom. The fourth-order valence-corrected chi connectivity index (χ4v) is 8.11. The SMILES string of the molecule is CCCCOc1c(C(=O)SC(C=O)Cc2ccc(F)cc2)nc2n(CC(=O)N3C[C@H](C)O[C@@H](C)C3)cc(N3CCCS3(=O)=O)n2c1=O. The van der Waals surface area contributed by atoms with Crippen LogP contribution >= 0.6 is 11.8 Å². The number of amides is 1. The van der Waals surface area contributed by atoms with Gasteiger partial charge in [0.2, 0.25) is 32.6 Å². The third-order valence-electron chi connectivity index (χ3n) is 7.91. The van der Waals surface area contributed by atoms with Crippen molar-refractivity contribution < 1.29 is 36.7 Å². The number of nitrogens with zero attached hydrogens (tertiary/aromatic N) is 5. The molecule has 0 aliphatic carbocycles. The quantitative estimate of drug-likeness (QED) is 0.205. The number of morpholine rings is 1. The summed E-state index contributed by atoms with van der Waals surface area (Å²) in [6, 6.07) is 5.54. The molecule has 0 radical (unpaired) electrons. The first kappa shape index (κ1) is 34.6. The molecule has 1 aromatic carbocycles. The lowest BCUT2D eigenvalue weighted by molar-refractivity contribution is -0.143. The number of aldehydes is 1. The normalized spacial score (nSPS) is 20.0. The Labute approximate surface area is 276 Å². The van der Waals surface area contributed by atoms with E-state index in [1.807, 2.05) is 20.8 Å². The summed E-state index contributed by atoms with van der Waals surface area (Å²) in [7, 11) is -3.76. The Hall–Kier alpha value is -3.76. The lowest BCUT2D eigenvalue weighted by Crippen LogP contribution is -2.49. The van der Waals surface area contributed by atoms with Crippen LogP contribution in [0.3, 0.4) is 0 Å². The third-order valence-corrected chi connectivity index (χ3v) is 10.7. The first-order chi connectivity index (χ1) is 22.4. The molecule has 1 amide bonds. The highest BCUT2D eigenvalue weighted by Gasteiger charge is 2.35. The summed E-state index contributed by atoms with van der Waals surface area (Å²) in [4.78, 5) is 59.7. The molecule has 3 atom stereocenters. The number of imidazole rings is 1. The maximum atomic E-state index is 14.2. The van der Waals surface area contributed by atoms with Crippen LogP contribution in [0.2, 0.25) is 0 Å². The summed E-state index contributed by atoms with van der Waals surface area (Å²) in [5.74, 6) is -1.37. The number of unbranched alkanes of at least 4 members (excludes halogenated alkanes) is 1. The minimum atomic E-state index is -3.76. The van der Waals surface area contributed by atoms with Crippen molar-refractivity contribution in [3.8, 4) is 5.75 Å². The van der Waals surface area contributed by atoms with Crippen LogP contribution in [0.5, 0.6) is 5.75 Å². The molecule has 2 fully saturated rings. The molecule has 0 N–H and O–H groups in total. The highest BCUT2D eigenvalue weighted by atomic mass is 32.2. The first-order valence-corrected chi connectivity index (χ1v) is 18.0. The number of rotatable bonds is 12. The van der Waals surface area contributed by atoms with Crippen LogP contribution in [0, 0.1) is 5.82 Å². The van der Waals surface area contributed by atoms with Crippen molar-refractivity contribution in [2.24, 2.45) is 0 Å². The van der Waals surface area contributed by atoms with Crippen molar-refractivity contribution >= 4 is 50.7 Å². The number of benzene rings is 1. The van der Waals surface area contributed by atoms with Crippen LogP contribution in [0.1, 0.15) is 56.1 Å². The second-order valence-electron chi connectivity index (χ2n) is 11.8. The maximum absolute atomic E-state index is 14.2. The van der Waals surface area contributed by atoms with Crippen molar-refractivity contribution in [1.82, 2.24) is 18.9 Å². The van der Waals surface area contributed by atoms with E-state index >= 15 is 0 Å². The zero-order chi connectivity index (χ0) is 33.9. The average molecular weight is 692 g/mol. The summed E-state index contributed by atoms with van der Waals surface area (Å²) in [5.41, 5.74) is -0.534. The van der Waals surface area contributed by atoms with E-state index in [1.54, 1.807) is 4.90 Å². The van der Waals surface area contributed by atoms with Crippen LogP contribution in [-0.4, -0.2) is 94.0 Å². The third kappa shape index (κ3) is 7.70. The van der Waals surface area contributed by atoms with Gasteiger partial charge in [-0.15, -0.1) is 0 Å². The van der Waals surface area contributed by atoms with E-state index in [9.17, 15) is 32.0 Å². The van der Waals surface area contributed by atoms with Gasteiger partial charge in [0.05, 0.1) is 36.0 Å². The van der Waals surface area contributed by atoms with Crippen LogP contribution in [-0.2, 0) is 37.3 Å². The standard InChI is InChI=1S/C31H38FN5O8S2/c1-4-5-12-44-28-27(30(41)46-24(19-38)14-22-7-9-23(32)10-8-22)33-31-35(18-26(39)34-15-20(2)45-21(3)16-34)17-25(37(31)29(28)40)36-11-6-13-47(36,42)43/h7-10,17,19-21,24H,4-6,11-16,18H2,1-3H3/t20-,21-,24?/m0/s1. The molecule has 1 unspecified atom stereocenters. The molecule has 5 rings (SSSR count). The molecule has 2 saturated heterocycles. The second kappa shape index (κ2) is 14.6. The Morgan fingerprint density at radius 3 is 2.51 bits per heavy atom. The number of anilines is 1. The van der Waals surface area contributed by atoms with Gasteiger partial charge < -0.3 is 23.7 Å². The highest BCUT2D eigenvalue weighted by molar-refractivity contribution is 8.15. The van der Waals surface area contributed by atoms with Crippen molar-refractivity contribution in [3.05, 3.63) is 57.9 Å². The Bertz CT molecular complexity index is 1800. The van der Waals surface area contributed by atoms with Crippen LogP contribution in [0.25, 0.3) is 5.78 Å². The largest absolute Gasteiger partial charge is 0.486 e. The predicted octanol–water partition coefficient (Wildman–Crippen LogP) is 2.67. The summed E-state index contributed by atoms with van der Waals surface area (Å²) in [6.45, 7) is 6.25. The zero-order valence-electron chi connectivity index (χ0n) is 26.5. The van der Waals surface area contributed by atoms with E-state index in [-0.39, 0.29) is 73.0 Å². The average Bonchev–Trinajstić information content (AvgIpc) is 3.56. The van der Waals surface area contributed by atoms with Crippen LogP contribution in [0.4, 0.5) is 10.2 Å². The highest BCUT2D eigenvalue weighted by Crippen LogP contribution is 2.29. The molecule has 3 aromatic rings. The molecule has 4 heterocycles. The fraction of sp³-hybridized carbons (Fsp3) is 0.516. The topological polar surface area (TPSA) is 150 Å². The number of thioether (sulfide) groups is 1. The molecular formula is C31H38FN5O8S2. The zero-order valence-corrected chi connectivity index (χ0v) is 28.1. The Balaban J connectivity index is 1.59. The Morgan fingerprint density at radius 2 is 1.89 bits per heavy atom. The number of ether oxygens (including phenoxy) is 2. The van der Waals surface area contributed by atoms with Gasteiger partial charge in [-0.2, -0.15) is 0 Å². The van der Waals surface area contributed by atoms with Crippen LogP contribution in [0.15, 0.2) is 35.3 Å². The van der Waals surface area contributed by atoms with Gasteiger partial charge in [-0.3, -0.25) is 18.7 Å². The maximum Gasteiger partial charge on any atom is 0.303 e. The van der Waals surface area contributed by atoms with Crippen LogP contribution < -0.4 is 14.6 Å². The lowest BCUT2D eigenvalue weighted by Gasteiger charge is -2.35. The van der Waals surface area contributed by atoms with Crippen molar-refractivity contribution in [2.45, 2.75) is 70.5 Å². The number of sulfonamides is 1. The van der Waals surface area contributed by atoms with Gasteiger partial charge in [0.1, 0.15) is 24.5 Å². The molecule has 2 aliphatic heterocycles. The van der Waals surface area contributed by atoms with E-state index < -0.39 is 31.8 Å². The van der Waals surface area contributed by atoms with Gasteiger partial charge in [0, 0.05) is 19.6 Å². The van der Waals surface area contributed by atoms with E-state index in [2.05, 4.69) is 4.98 Å². The minimum absolute atomic E-state index is 0.0133. The number of halogens is 1. The number of hydrogen-bond donors (Lipinski definition) is 0. The molecular weight excluding hydrogens is 654 g/mol. The van der Waals surface area contributed by atoms with E-state index in [0.717, 1.165) is 15.1 Å². The summed E-state index contributed by atoms with van der Waals surface area (Å²) in [5, 5.41) is -1.61. The molecule has 2 aliphatic rings.